The molecule has 0 N–H and O–H groups in total. The van der Waals surface area contributed by atoms with Gasteiger partial charge in [-0.05, 0) is 91.4 Å². The van der Waals surface area contributed by atoms with Gasteiger partial charge in [-0.1, -0.05) is 182 Å². The SMILES string of the molecule is CCCCCCCCCN(CCCCCCCCC)C(C)CCC(=O)[O-].CCCCCCCCCN(CCCCCCCCC)C(C)CCC(=O)[O-].[Ca+2]. The Morgan fingerprint density at radius 2 is 0.566 bits per heavy atom. The number of carboxylic acids is 2. The molecule has 312 valence electrons. The van der Waals surface area contributed by atoms with Gasteiger partial charge in [0.1, 0.15) is 0 Å². The topological polar surface area (TPSA) is 86.7 Å². The van der Waals surface area contributed by atoms with Crippen LogP contribution in [-0.2, 0) is 9.59 Å². The zero-order valence-electron chi connectivity index (χ0n) is 36.8. The molecule has 0 saturated carbocycles. The number of hydrogen-bond donors (Lipinski definition) is 0. The van der Waals surface area contributed by atoms with E-state index in [-0.39, 0.29) is 50.6 Å². The Hall–Kier alpha value is 0.120. The molecular weight excluding hydrogens is 685 g/mol. The fourth-order valence-corrected chi connectivity index (χ4v) is 7.21. The molecule has 7 heteroatoms. The van der Waals surface area contributed by atoms with Crippen LogP contribution in [0.3, 0.4) is 0 Å². The molecule has 2 unspecified atom stereocenters. The molecular formula is C46H92CaN2O4. The van der Waals surface area contributed by atoms with Crippen LogP contribution in [-0.4, -0.2) is 97.7 Å². The van der Waals surface area contributed by atoms with Gasteiger partial charge in [0.15, 0.2) is 0 Å². The van der Waals surface area contributed by atoms with Crippen molar-refractivity contribution in [3.63, 3.8) is 0 Å². The molecule has 0 fully saturated rings. The van der Waals surface area contributed by atoms with E-state index in [0.717, 1.165) is 39.0 Å². The predicted molar refractivity (Wildman–Crippen MR) is 228 cm³/mol. The molecule has 0 rings (SSSR count). The second-order valence-electron chi connectivity index (χ2n) is 16.1. The minimum Gasteiger partial charge on any atom is -0.550 e. The maximum absolute atomic E-state index is 10.8. The maximum Gasteiger partial charge on any atom is 2.00 e. The summed E-state index contributed by atoms with van der Waals surface area (Å²) >= 11 is 0. The molecule has 0 radical (unpaired) electrons. The fourth-order valence-electron chi connectivity index (χ4n) is 7.21. The largest absolute Gasteiger partial charge is 2.00 e. The number of carbonyl (C=O) groups is 2. The average Bonchev–Trinajstić information content (AvgIpc) is 3.13. The Morgan fingerprint density at radius 1 is 0.377 bits per heavy atom. The van der Waals surface area contributed by atoms with Crippen molar-refractivity contribution in [1.82, 2.24) is 9.80 Å². The third-order valence-electron chi connectivity index (χ3n) is 11.0. The second kappa shape index (κ2) is 46.5. The number of carbonyl (C=O) groups excluding carboxylic acids is 2. The first-order valence-corrected chi connectivity index (χ1v) is 23.1. The summed E-state index contributed by atoms with van der Waals surface area (Å²) < 4.78 is 0. The minimum absolute atomic E-state index is 0. The molecule has 0 aromatic rings. The number of aliphatic carboxylic acids is 2. The summed E-state index contributed by atoms with van der Waals surface area (Å²) in [6.07, 6.45) is 39.1. The summed E-state index contributed by atoms with van der Waals surface area (Å²) in [7, 11) is 0. The third-order valence-corrected chi connectivity index (χ3v) is 11.0. The van der Waals surface area contributed by atoms with Crippen molar-refractivity contribution in [2.75, 3.05) is 26.2 Å². The second-order valence-corrected chi connectivity index (χ2v) is 16.1. The van der Waals surface area contributed by atoms with Crippen LogP contribution in [0.15, 0.2) is 0 Å². The zero-order valence-corrected chi connectivity index (χ0v) is 39.1. The molecule has 53 heavy (non-hydrogen) atoms. The van der Waals surface area contributed by atoms with Crippen molar-refractivity contribution < 1.29 is 19.8 Å². The Kier molecular flexibility index (Phi) is 50.4. The molecule has 0 aliphatic carbocycles. The summed E-state index contributed by atoms with van der Waals surface area (Å²) in [5, 5.41) is 21.5. The molecule has 2 atom stereocenters. The van der Waals surface area contributed by atoms with Crippen LogP contribution in [0, 0.1) is 0 Å². The molecule has 0 aliphatic rings. The van der Waals surface area contributed by atoms with Gasteiger partial charge in [0.05, 0.1) is 0 Å². The van der Waals surface area contributed by atoms with E-state index < -0.39 is 11.9 Å². The van der Waals surface area contributed by atoms with E-state index in [9.17, 15) is 19.8 Å². The van der Waals surface area contributed by atoms with E-state index in [0.29, 0.717) is 12.1 Å². The maximum atomic E-state index is 10.8. The van der Waals surface area contributed by atoms with Crippen LogP contribution in [0.2, 0.25) is 0 Å². The molecule has 0 aromatic carbocycles. The minimum atomic E-state index is -0.913. The Bertz CT molecular complexity index is 644. The van der Waals surface area contributed by atoms with E-state index in [2.05, 4.69) is 51.3 Å². The van der Waals surface area contributed by atoms with Crippen molar-refractivity contribution in [2.24, 2.45) is 0 Å². The number of carboxylic acid groups (broad SMARTS) is 2. The normalized spacial score (nSPS) is 12.4. The van der Waals surface area contributed by atoms with Gasteiger partial charge in [0, 0.05) is 24.0 Å². The predicted octanol–water partition coefficient (Wildman–Crippen LogP) is 11.0. The molecule has 0 amide bonds. The van der Waals surface area contributed by atoms with Gasteiger partial charge in [-0.25, -0.2) is 0 Å². The third kappa shape index (κ3) is 44.7. The first kappa shape index (κ1) is 57.4. The summed E-state index contributed by atoms with van der Waals surface area (Å²) in [5.74, 6) is -1.83. The first-order valence-electron chi connectivity index (χ1n) is 23.1. The van der Waals surface area contributed by atoms with Crippen LogP contribution in [0.5, 0.6) is 0 Å². The number of unbranched alkanes of at least 4 members (excludes halogenated alkanes) is 24. The average molecular weight is 777 g/mol. The van der Waals surface area contributed by atoms with Gasteiger partial charge in [0.2, 0.25) is 0 Å². The molecule has 0 heterocycles. The van der Waals surface area contributed by atoms with Gasteiger partial charge in [-0.2, -0.15) is 0 Å². The summed E-state index contributed by atoms with van der Waals surface area (Å²) in [6, 6.07) is 0.709. The van der Waals surface area contributed by atoms with E-state index in [1.165, 1.54) is 180 Å². The molecule has 0 aliphatic heterocycles. The van der Waals surface area contributed by atoms with Crippen LogP contribution >= 0.6 is 0 Å². The fraction of sp³-hybridized carbons (Fsp3) is 0.957. The monoisotopic (exact) mass is 777 g/mol. The Labute approximate surface area is 362 Å². The number of nitrogens with zero attached hydrogens (tertiary/aromatic N) is 2. The molecule has 0 bridgehead atoms. The summed E-state index contributed by atoms with van der Waals surface area (Å²) in [5.41, 5.74) is 0. The van der Waals surface area contributed by atoms with Gasteiger partial charge >= 0.3 is 37.7 Å². The van der Waals surface area contributed by atoms with E-state index in [1.807, 2.05) is 0 Å². The van der Waals surface area contributed by atoms with Gasteiger partial charge in [-0.15, -0.1) is 0 Å². The molecule has 6 nitrogen and oxygen atoms in total. The smallest absolute Gasteiger partial charge is 0.550 e. The van der Waals surface area contributed by atoms with Crippen molar-refractivity contribution in [3.8, 4) is 0 Å². The quantitative estimate of drug-likeness (QED) is 0.0455. The molecule has 0 saturated heterocycles. The van der Waals surface area contributed by atoms with Crippen molar-refractivity contribution in [2.45, 2.75) is 259 Å². The van der Waals surface area contributed by atoms with E-state index in [4.69, 9.17) is 0 Å². The first-order chi connectivity index (χ1) is 25.2. The zero-order chi connectivity index (χ0) is 38.9. The molecule has 0 aromatic heterocycles. The van der Waals surface area contributed by atoms with Crippen molar-refractivity contribution >= 4 is 49.7 Å². The van der Waals surface area contributed by atoms with Gasteiger partial charge < -0.3 is 29.6 Å². The van der Waals surface area contributed by atoms with Crippen LogP contribution in [0.4, 0.5) is 0 Å². The van der Waals surface area contributed by atoms with Gasteiger partial charge in [-0.3, -0.25) is 0 Å². The van der Waals surface area contributed by atoms with Gasteiger partial charge in [0.25, 0.3) is 0 Å². The summed E-state index contributed by atoms with van der Waals surface area (Å²) in [6.45, 7) is 17.9. The van der Waals surface area contributed by atoms with Crippen molar-refractivity contribution in [3.05, 3.63) is 0 Å². The Balaban J connectivity index is -0.000000926. The van der Waals surface area contributed by atoms with E-state index in [1.54, 1.807) is 0 Å². The van der Waals surface area contributed by atoms with Crippen LogP contribution < -0.4 is 10.2 Å². The Morgan fingerprint density at radius 3 is 0.755 bits per heavy atom. The molecule has 0 spiro atoms. The summed E-state index contributed by atoms with van der Waals surface area (Å²) in [4.78, 5) is 26.6. The standard InChI is InChI=1S/2C23H47NO2.Ca/c2*1-4-6-8-10-12-14-16-20-24(22(3)18-19-23(25)26)21-17-15-13-11-9-7-5-2;/h2*22H,4-21H2,1-3H3,(H,25,26);/q;;+2/p-2. The van der Waals surface area contributed by atoms with Crippen molar-refractivity contribution in [1.29, 1.82) is 0 Å². The van der Waals surface area contributed by atoms with Crippen LogP contribution in [0.25, 0.3) is 0 Å². The van der Waals surface area contributed by atoms with E-state index >= 15 is 0 Å². The van der Waals surface area contributed by atoms with Crippen LogP contribution in [0.1, 0.15) is 247 Å². The number of hydrogen-bond acceptors (Lipinski definition) is 6. The number of rotatable bonds is 40.